The number of hydrogen-bond donors (Lipinski definition) is 1. The predicted molar refractivity (Wildman–Crippen MR) is 80.0 cm³/mol. The lowest BCUT2D eigenvalue weighted by Crippen LogP contribution is -2.17. The zero-order chi connectivity index (χ0) is 13.7. The van der Waals surface area contributed by atoms with Crippen molar-refractivity contribution >= 4 is 11.3 Å². The molecule has 0 aliphatic carbocycles. The van der Waals surface area contributed by atoms with Crippen LogP contribution >= 0.6 is 11.3 Å². The number of nitrogens with zero attached hydrogens (tertiary/aromatic N) is 1. The van der Waals surface area contributed by atoms with E-state index in [-0.39, 0.29) is 0 Å². The Bertz CT molecular complexity index is 507. The summed E-state index contributed by atoms with van der Waals surface area (Å²) in [6.45, 7) is 2.05. The third kappa shape index (κ3) is 3.78. The number of aryl methyl sites for hydroxylation is 2. The highest BCUT2D eigenvalue weighted by Crippen LogP contribution is 2.21. The van der Waals surface area contributed by atoms with E-state index in [1.165, 1.54) is 5.56 Å². The molecule has 1 unspecified atom stereocenters. The van der Waals surface area contributed by atoms with E-state index in [1.807, 2.05) is 26.1 Å². The van der Waals surface area contributed by atoms with Gasteiger partial charge in [0.05, 0.1) is 23.9 Å². The average Bonchev–Trinajstić information content (AvgIpc) is 2.87. The van der Waals surface area contributed by atoms with Crippen molar-refractivity contribution in [3.8, 4) is 5.75 Å². The molecule has 0 amide bonds. The van der Waals surface area contributed by atoms with Gasteiger partial charge in [0, 0.05) is 5.38 Å². The Balaban J connectivity index is 1.95. The third-order valence-corrected chi connectivity index (χ3v) is 4.01. The summed E-state index contributed by atoms with van der Waals surface area (Å²) >= 11 is 1.71. The fourth-order valence-electron chi connectivity index (χ4n) is 2.08. The number of rotatable bonds is 6. The standard InChI is InChI=1S/C15H20N2OS/c1-11-17-15(10-19-11)14(16-2)9-6-12-4-7-13(18-3)8-5-12/h4-5,7-8,10,14,16H,6,9H2,1-3H3. The number of aromatic nitrogens is 1. The fourth-order valence-corrected chi connectivity index (χ4v) is 2.75. The van der Waals surface area contributed by atoms with Crippen molar-refractivity contribution in [2.45, 2.75) is 25.8 Å². The average molecular weight is 276 g/mol. The van der Waals surface area contributed by atoms with Crippen molar-refractivity contribution in [2.24, 2.45) is 0 Å². The Morgan fingerprint density at radius 3 is 2.58 bits per heavy atom. The minimum Gasteiger partial charge on any atom is -0.497 e. The van der Waals surface area contributed by atoms with Gasteiger partial charge in [-0.1, -0.05) is 12.1 Å². The molecule has 2 rings (SSSR count). The number of nitrogens with one attached hydrogen (secondary N) is 1. The monoisotopic (exact) mass is 276 g/mol. The lowest BCUT2D eigenvalue weighted by Gasteiger charge is -2.13. The van der Waals surface area contributed by atoms with E-state index in [0.29, 0.717) is 6.04 Å². The van der Waals surface area contributed by atoms with Crippen LogP contribution in [0.25, 0.3) is 0 Å². The lowest BCUT2D eigenvalue weighted by atomic mass is 10.0. The van der Waals surface area contributed by atoms with Gasteiger partial charge in [-0.2, -0.15) is 0 Å². The first-order chi connectivity index (χ1) is 9.22. The smallest absolute Gasteiger partial charge is 0.118 e. The van der Waals surface area contributed by atoms with E-state index in [4.69, 9.17) is 4.74 Å². The van der Waals surface area contributed by atoms with Crippen LogP contribution in [0, 0.1) is 6.92 Å². The molecular weight excluding hydrogens is 256 g/mol. The van der Waals surface area contributed by atoms with Gasteiger partial charge in [-0.3, -0.25) is 0 Å². The summed E-state index contributed by atoms with van der Waals surface area (Å²) in [5.74, 6) is 0.907. The summed E-state index contributed by atoms with van der Waals surface area (Å²) in [4.78, 5) is 4.56. The maximum atomic E-state index is 5.17. The molecular formula is C15H20N2OS. The molecule has 0 spiro atoms. The topological polar surface area (TPSA) is 34.1 Å². The van der Waals surface area contributed by atoms with Gasteiger partial charge in [-0.25, -0.2) is 4.98 Å². The van der Waals surface area contributed by atoms with Crippen LogP contribution in [0.4, 0.5) is 0 Å². The van der Waals surface area contributed by atoms with Gasteiger partial charge in [0.15, 0.2) is 0 Å². The minimum absolute atomic E-state index is 0.326. The third-order valence-electron chi connectivity index (χ3n) is 3.22. The molecule has 0 saturated carbocycles. The van der Waals surface area contributed by atoms with Crippen molar-refractivity contribution in [3.05, 3.63) is 45.9 Å². The molecule has 0 aliphatic rings. The molecule has 4 heteroatoms. The van der Waals surface area contributed by atoms with E-state index >= 15 is 0 Å². The second-order valence-electron chi connectivity index (χ2n) is 4.52. The van der Waals surface area contributed by atoms with Crippen molar-refractivity contribution < 1.29 is 4.74 Å². The SMILES string of the molecule is CNC(CCc1ccc(OC)cc1)c1csc(C)n1. The Kier molecular flexibility index (Phi) is 4.93. The summed E-state index contributed by atoms with van der Waals surface area (Å²) in [7, 11) is 3.68. The minimum atomic E-state index is 0.326. The van der Waals surface area contributed by atoms with Crippen LogP contribution in [0.1, 0.15) is 28.7 Å². The summed E-state index contributed by atoms with van der Waals surface area (Å²) < 4.78 is 5.17. The van der Waals surface area contributed by atoms with Gasteiger partial charge in [-0.15, -0.1) is 11.3 Å². The van der Waals surface area contributed by atoms with E-state index in [1.54, 1.807) is 18.4 Å². The van der Waals surface area contributed by atoms with E-state index in [2.05, 4.69) is 27.8 Å². The molecule has 1 heterocycles. The van der Waals surface area contributed by atoms with Crippen molar-refractivity contribution in [1.29, 1.82) is 0 Å². The van der Waals surface area contributed by atoms with Crippen LogP contribution in [-0.4, -0.2) is 19.1 Å². The van der Waals surface area contributed by atoms with E-state index in [9.17, 15) is 0 Å². The van der Waals surface area contributed by atoms with Gasteiger partial charge >= 0.3 is 0 Å². The summed E-state index contributed by atoms with van der Waals surface area (Å²) in [5, 5.41) is 6.61. The quantitative estimate of drug-likeness (QED) is 0.878. The van der Waals surface area contributed by atoms with Crippen LogP contribution < -0.4 is 10.1 Å². The van der Waals surface area contributed by atoms with Crippen molar-refractivity contribution in [2.75, 3.05) is 14.2 Å². The number of benzene rings is 1. The Hall–Kier alpha value is -1.39. The number of thiazole rings is 1. The maximum absolute atomic E-state index is 5.17. The number of hydrogen-bond acceptors (Lipinski definition) is 4. The van der Waals surface area contributed by atoms with Crippen LogP contribution in [0.15, 0.2) is 29.6 Å². The molecule has 3 nitrogen and oxygen atoms in total. The van der Waals surface area contributed by atoms with Crippen molar-refractivity contribution in [1.82, 2.24) is 10.3 Å². The lowest BCUT2D eigenvalue weighted by molar-refractivity contribution is 0.414. The van der Waals surface area contributed by atoms with Gasteiger partial charge in [-0.05, 0) is 44.5 Å². The highest BCUT2D eigenvalue weighted by molar-refractivity contribution is 7.09. The first-order valence-electron chi connectivity index (χ1n) is 6.45. The molecule has 0 saturated heterocycles. The molecule has 0 fully saturated rings. The Labute approximate surface area is 118 Å². The van der Waals surface area contributed by atoms with Crippen LogP contribution in [0.5, 0.6) is 5.75 Å². The first kappa shape index (κ1) is 14.0. The van der Waals surface area contributed by atoms with Crippen LogP contribution in [0.3, 0.4) is 0 Å². The molecule has 1 N–H and O–H groups in total. The molecule has 0 radical (unpaired) electrons. The predicted octanol–water partition coefficient (Wildman–Crippen LogP) is 3.35. The molecule has 102 valence electrons. The second kappa shape index (κ2) is 6.68. The van der Waals surface area contributed by atoms with Crippen LogP contribution in [-0.2, 0) is 6.42 Å². The summed E-state index contributed by atoms with van der Waals surface area (Å²) in [6, 6.07) is 8.59. The summed E-state index contributed by atoms with van der Waals surface area (Å²) in [6.07, 6.45) is 2.08. The largest absolute Gasteiger partial charge is 0.497 e. The highest BCUT2D eigenvalue weighted by atomic mass is 32.1. The molecule has 1 aromatic heterocycles. The maximum Gasteiger partial charge on any atom is 0.118 e. The molecule has 2 aromatic rings. The molecule has 19 heavy (non-hydrogen) atoms. The molecule has 1 atom stereocenters. The first-order valence-corrected chi connectivity index (χ1v) is 7.33. The molecule has 0 bridgehead atoms. The molecule has 1 aromatic carbocycles. The highest BCUT2D eigenvalue weighted by Gasteiger charge is 2.12. The van der Waals surface area contributed by atoms with Gasteiger partial charge in [0.2, 0.25) is 0 Å². The molecule has 0 aliphatic heterocycles. The second-order valence-corrected chi connectivity index (χ2v) is 5.58. The van der Waals surface area contributed by atoms with E-state index < -0.39 is 0 Å². The zero-order valence-corrected chi connectivity index (χ0v) is 12.5. The number of ether oxygens (including phenoxy) is 1. The van der Waals surface area contributed by atoms with Crippen LogP contribution in [0.2, 0.25) is 0 Å². The van der Waals surface area contributed by atoms with Gasteiger partial charge in [0.1, 0.15) is 5.75 Å². The van der Waals surface area contributed by atoms with Crippen molar-refractivity contribution in [3.63, 3.8) is 0 Å². The Morgan fingerprint density at radius 1 is 1.32 bits per heavy atom. The van der Waals surface area contributed by atoms with Gasteiger partial charge < -0.3 is 10.1 Å². The normalized spacial score (nSPS) is 12.4. The fraction of sp³-hybridized carbons (Fsp3) is 0.400. The Morgan fingerprint density at radius 2 is 2.05 bits per heavy atom. The van der Waals surface area contributed by atoms with Gasteiger partial charge in [0.25, 0.3) is 0 Å². The number of methoxy groups -OCH3 is 1. The summed E-state index contributed by atoms with van der Waals surface area (Å²) in [5.41, 5.74) is 2.48. The zero-order valence-electron chi connectivity index (χ0n) is 11.6. The van der Waals surface area contributed by atoms with E-state index in [0.717, 1.165) is 29.3 Å².